The van der Waals surface area contributed by atoms with Gasteiger partial charge in [0.25, 0.3) is 0 Å². The van der Waals surface area contributed by atoms with Crippen LogP contribution >= 0.6 is 11.6 Å². The zero-order valence-electron chi connectivity index (χ0n) is 11.0. The Morgan fingerprint density at radius 1 is 1.12 bits per heavy atom. The SMILES string of the molecule is CC(Cl)CCN(C)CCCCc1ccccc1. The molecule has 0 N–H and O–H groups in total. The van der Waals surface area contributed by atoms with Gasteiger partial charge in [-0.3, -0.25) is 0 Å². The van der Waals surface area contributed by atoms with Crippen molar-refractivity contribution in [1.29, 1.82) is 0 Å². The number of unbranched alkanes of at least 4 members (excludes halogenated alkanes) is 1. The van der Waals surface area contributed by atoms with Gasteiger partial charge in [0.1, 0.15) is 0 Å². The van der Waals surface area contributed by atoms with E-state index in [1.807, 2.05) is 0 Å². The number of hydrogen-bond acceptors (Lipinski definition) is 1. The van der Waals surface area contributed by atoms with E-state index in [1.54, 1.807) is 0 Å². The summed E-state index contributed by atoms with van der Waals surface area (Å²) in [4.78, 5) is 2.38. The standard InChI is InChI=1S/C15H24ClN/c1-14(16)11-13-17(2)12-7-6-10-15-8-4-3-5-9-15/h3-5,8-9,14H,6-7,10-13H2,1-2H3. The summed E-state index contributed by atoms with van der Waals surface area (Å²) in [5.41, 5.74) is 1.45. The van der Waals surface area contributed by atoms with Crippen LogP contribution in [0.2, 0.25) is 0 Å². The van der Waals surface area contributed by atoms with Gasteiger partial charge >= 0.3 is 0 Å². The van der Waals surface area contributed by atoms with Crippen LogP contribution in [0.15, 0.2) is 30.3 Å². The minimum Gasteiger partial charge on any atom is -0.306 e. The average Bonchev–Trinajstić information content (AvgIpc) is 2.33. The summed E-state index contributed by atoms with van der Waals surface area (Å²) in [6.45, 7) is 4.34. The molecule has 0 aromatic heterocycles. The zero-order valence-corrected chi connectivity index (χ0v) is 11.8. The van der Waals surface area contributed by atoms with Crippen LogP contribution in [0.3, 0.4) is 0 Å². The molecular formula is C15H24ClN. The van der Waals surface area contributed by atoms with Crippen molar-refractivity contribution in [2.45, 2.75) is 38.0 Å². The molecule has 0 bridgehead atoms. The smallest absolute Gasteiger partial charge is 0.0320 e. The predicted octanol–water partition coefficient (Wildman–Crippen LogP) is 3.96. The quantitative estimate of drug-likeness (QED) is 0.501. The number of hydrogen-bond donors (Lipinski definition) is 0. The average molecular weight is 254 g/mol. The fourth-order valence-electron chi connectivity index (χ4n) is 1.87. The molecule has 0 radical (unpaired) electrons. The Kier molecular flexibility index (Phi) is 7.30. The monoisotopic (exact) mass is 253 g/mol. The topological polar surface area (TPSA) is 3.24 Å². The number of aryl methyl sites for hydroxylation is 1. The van der Waals surface area contributed by atoms with E-state index in [-0.39, 0.29) is 0 Å². The molecule has 0 amide bonds. The van der Waals surface area contributed by atoms with E-state index in [4.69, 9.17) is 11.6 Å². The molecule has 1 atom stereocenters. The number of benzene rings is 1. The third kappa shape index (κ3) is 7.40. The van der Waals surface area contributed by atoms with E-state index in [2.05, 4.69) is 49.2 Å². The Labute approximate surface area is 111 Å². The highest BCUT2D eigenvalue weighted by atomic mass is 35.5. The van der Waals surface area contributed by atoms with Crippen molar-refractivity contribution in [3.8, 4) is 0 Å². The molecule has 0 spiro atoms. The first kappa shape index (κ1) is 14.5. The second kappa shape index (κ2) is 8.54. The third-order valence-corrected chi connectivity index (χ3v) is 3.22. The van der Waals surface area contributed by atoms with Crippen molar-refractivity contribution in [2.24, 2.45) is 0 Å². The maximum atomic E-state index is 5.94. The summed E-state index contributed by atoms with van der Waals surface area (Å²) in [6.07, 6.45) is 4.81. The van der Waals surface area contributed by atoms with E-state index < -0.39 is 0 Å². The van der Waals surface area contributed by atoms with Gasteiger partial charge in [0.05, 0.1) is 0 Å². The lowest BCUT2D eigenvalue weighted by atomic mass is 10.1. The minimum atomic E-state index is 0.293. The highest BCUT2D eigenvalue weighted by Gasteiger charge is 2.01. The largest absolute Gasteiger partial charge is 0.306 e. The summed E-state index contributed by atoms with van der Waals surface area (Å²) >= 11 is 5.94. The molecule has 0 aliphatic rings. The lowest BCUT2D eigenvalue weighted by Gasteiger charge is -2.16. The molecule has 0 aliphatic carbocycles. The zero-order chi connectivity index (χ0) is 12.5. The van der Waals surface area contributed by atoms with Crippen molar-refractivity contribution in [1.82, 2.24) is 4.90 Å². The van der Waals surface area contributed by atoms with Gasteiger partial charge in [0.15, 0.2) is 0 Å². The molecule has 1 aromatic rings. The van der Waals surface area contributed by atoms with Crippen LogP contribution in [0.25, 0.3) is 0 Å². The normalized spacial score (nSPS) is 12.9. The van der Waals surface area contributed by atoms with Gasteiger partial charge in [-0.1, -0.05) is 30.3 Å². The lowest BCUT2D eigenvalue weighted by molar-refractivity contribution is 0.321. The molecule has 17 heavy (non-hydrogen) atoms. The van der Waals surface area contributed by atoms with Crippen LogP contribution in [0.1, 0.15) is 31.7 Å². The molecule has 0 heterocycles. The lowest BCUT2D eigenvalue weighted by Crippen LogP contribution is -2.22. The Morgan fingerprint density at radius 3 is 2.47 bits per heavy atom. The van der Waals surface area contributed by atoms with Crippen LogP contribution in [0, 0.1) is 0 Å². The molecule has 0 saturated heterocycles. The van der Waals surface area contributed by atoms with Gasteiger partial charge in [-0.05, 0) is 58.3 Å². The van der Waals surface area contributed by atoms with Gasteiger partial charge in [0, 0.05) is 5.38 Å². The van der Waals surface area contributed by atoms with E-state index in [0.29, 0.717) is 5.38 Å². The maximum absolute atomic E-state index is 5.94. The third-order valence-electron chi connectivity index (χ3n) is 3.01. The van der Waals surface area contributed by atoms with Crippen molar-refractivity contribution in [3.05, 3.63) is 35.9 Å². The summed E-state index contributed by atoms with van der Waals surface area (Å²) in [7, 11) is 2.18. The van der Waals surface area contributed by atoms with Crippen LogP contribution in [-0.4, -0.2) is 30.4 Å². The first-order chi connectivity index (χ1) is 8.18. The molecule has 1 nitrogen and oxygen atoms in total. The number of rotatable bonds is 8. The van der Waals surface area contributed by atoms with Gasteiger partial charge in [-0.15, -0.1) is 11.6 Å². The van der Waals surface area contributed by atoms with E-state index in [1.165, 1.54) is 31.4 Å². The van der Waals surface area contributed by atoms with Crippen LogP contribution in [0.5, 0.6) is 0 Å². The van der Waals surface area contributed by atoms with E-state index in [0.717, 1.165) is 13.0 Å². The minimum absolute atomic E-state index is 0.293. The van der Waals surface area contributed by atoms with E-state index in [9.17, 15) is 0 Å². The van der Waals surface area contributed by atoms with Crippen LogP contribution in [-0.2, 0) is 6.42 Å². The molecule has 0 saturated carbocycles. The highest BCUT2D eigenvalue weighted by Crippen LogP contribution is 2.06. The number of halogens is 1. The fourth-order valence-corrected chi connectivity index (χ4v) is 1.96. The van der Waals surface area contributed by atoms with Crippen LogP contribution in [0.4, 0.5) is 0 Å². The van der Waals surface area contributed by atoms with Crippen molar-refractivity contribution in [2.75, 3.05) is 20.1 Å². The molecule has 2 heteroatoms. The first-order valence-corrected chi connectivity index (χ1v) is 6.98. The Morgan fingerprint density at radius 2 is 1.82 bits per heavy atom. The van der Waals surface area contributed by atoms with Crippen molar-refractivity contribution < 1.29 is 0 Å². The Balaban J connectivity index is 2.04. The van der Waals surface area contributed by atoms with Crippen LogP contribution < -0.4 is 0 Å². The molecule has 0 aliphatic heterocycles. The molecule has 96 valence electrons. The molecule has 1 aromatic carbocycles. The summed E-state index contributed by atoms with van der Waals surface area (Å²) in [5, 5.41) is 0.293. The second-order valence-electron chi connectivity index (χ2n) is 4.82. The van der Waals surface area contributed by atoms with Gasteiger partial charge in [0.2, 0.25) is 0 Å². The molecule has 0 fully saturated rings. The summed E-state index contributed by atoms with van der Waals surface area (Å²) in [5.74, 6) is 0. The number of alkyl halides is 1. The van der Waals surface area contributed by atoms with Crippen molar-refractivity contribution >= 4 is 11.6 Å². The van der Waals surface area contributed by atoms with Gasteiger partial charge < -0.3 is 4.90 Å². The Hall–Kier alpha value is -0.530. The van der Waals surface area contributed by atoms with E-state index >= 15 is 0 Å². The molecule has 1 rings (SSSR count). The maximum Gasteiger partial charge on any atom is 0.0320 e. The fraction of sp³-hybridized carbons (Fsp3) is 0.600. The first-order valence-electron chi connectivity index (χ1n) is 6.55. The molecule has 1 unspecified atom stereocenters. The van der Waals surface area contributed by atoms with Gasteiger partial charge in [-0.2, -0.15) is 0 Å². The molecular weight excluding hydrogens is 230 g/mol. The second-order valence-corrected chi connectivity index (χ2v) is 5.56. The predicted molar refractivity (Wildman–Crippen MR) is 76.8 cm³/mol. The summed E-state index contributed by atoms with van der Waals surface area (Å²) in [6, 6.07) is 10.7. The summed E-state index contributed by atoms with van der Waals surface area (Å²) < 4.78 is 0. The van der Waals surface area contributed by atoms with Gasteiger partial charge in [-0.25, -0.2) is 0 Å². The number of nitrogens with zero attached hydrogens (tertiary/aromatic N) is 1. The van der Waals surface area contributed by atoms with Crippen molar-refractivity contribution in [3.63, 3.8) is 0 Å². The Bertz CT molecular complexity index is 284. The highest BCUT2D eigenvalue weighted by molar-refractivity contribution is 6.20.